The molecule has 0 unspecified atom stereocenters. The third kappa shape index (κ3) is 4.60. The summed E-state index contributed by atoms with van der Waals surface area (Å²) in [6.45, 7) is 5.33. The zero-order chi connectivity index (χ0) is 20.3. The minimum absolute atomic E-state index is 0.0281. The SMILES string of the molecule is C=CCN(Cc1ccc(Cl)s1)C(=O)c1ccc(Cl)c(S(=O)(=O)N2CCCC2)c1. The molecule has 0 N–H and O–H groups in total. The Labute approximate surface area is 179 Å². The third-order valence-electron chi connectivity index (χ3n) is 4.47. The standard InChI is InChI=1S/C19H20Cl2N2O3S2/c1-2-9-22(13-15-6-8-18(21)27-15)19(24)14-5-7-16(20)17(12-14)28(25,26)23-10-3-4-11-23/h2,5-8,12H,1,3-4,9-11,13H2. The van der Waals surface area contributed by atoms with Gasteiger partial charge in [0.2, 0.25) is 10.0 Å². The molecule has 0 aliphatic carbocycles. The van der Waals surface area contributed by atoms with Crippen LogP contribution in [0.5, 0.6) is 0 Å². The van der Waals surface area contributed by atoms with Gasteiger partial charge in [0.1, 0.15) is 4.90 Å². The van der Waals surface area contributed by atoms with Crippen LogP contribution in [0.2, 0.25) is 9.36 Å². The quantitative estimate of drug-likeness (QED) is 0.566. The summed E-state index contributed by atoms with van der Waals surface area (Å²) in [4.78, 5) is 15.5. The van der Waals surface area contributed by atoms with Crippen molar-refractivity contribution in [2.45, 2.75) is 24.3 Å². The van der Waals surface area contributed by atoms with Crippen molar-refractivity contribution >= 4 is 50.5 Å². The van der Waals surface area contributed by atoms with Crippen molar-refractivity contribution in [3.8, 4) is 0 Å². The molecule has 2 heterocycles. The van der Waals surface area contributed by atoms with E-state index in [0.29, 0.717) is 30.5 Å². The molecule has 9 heteroatoms. The second-order valence-electron chi connectivity index (χ2n) is 6.44. The number of hydrogen-bond acceptors (Lipinski definition) is 4. The second kappa shape index (κ2) is 8.97. The summed E-state index contributed by atoms with van der Waals surface area (Å²) in [5.41, 5.74) is 0.270. The molecule has 1 saturated heterocycles. The van der Waals surface area contributed by atoms with Gasteiger partial charge in [-0.05, 0) is 43.2 Å². The predicted molar refractivity (Wildman–Crippen MR) is 114 cm³/mol. The van der Waals surface area contributed by atoms with Crippen LogP contribution in [0.4, 0.5) is 0 Å². The van der Waals surface area contributed by atoms with Crippen LogP contribution in [0, 0.1) is 0 Å². The number of thiophene rings is 1. The molecule has 1 fully saturated rings. The maximum atomic E-state index is 13.1. The van der Waals surface area contributed by atoms with Gasteiger partial charge < -0.3 is 4.90 Å². The first-order chi connectivity index (χ1) is 13.3. The van der Waals surface area contributed by atoms with Crippen LogP contribution in [0.25, 0.3) is 0 Å². The fourth-order valence-electron chi connectivity index (χ4n) is 3.08. The minimum Gasteiger partial charge on any atom is -0.330 e. The van der Waals surface area contributed by atoms with Gasteiger partial charge in [-0.25, -0.2) is 8.42 Å². The number of hydrogen-bond donors (Lipinski definition) is 0. The minimum atomic E-state index is -3.72. The molecule has 150 valence electrons. The van der Waals surface area contributed by atoms with Crippen molar-refractivity contribution < 1.29 is 13.2 Å². The number of carbonyl (C=O) groups excluding carboxylic acids is 1. The van der Waals surface area contributed by atoms with Crippen LogP contribution >= 0.6 is 34.5 Å². The molecule has 0 bridgehead atoms. The molecule has 0 spiro atoms. The van der Waals surface area contributed by atoms with Gasteiger partial charge in [0, 0.05) is 30.1 Å². The molecule has 1 aromatic carbocycles. The lowest BCUT2D eigenvalue weighted by Crippen LogP contribution is -2.31. The molecular formula is C19H20Cl2N2O3S2. The zero-order valence-corrected chi connectivity index (χ0v) is 18.3. The van der Waals surface area contributed by atoms with Crippen molar-refractivity contribution in [1.29, 1.82) is 0 Å². The molecule has 1 amide bonds. The van der Waals surface area contributed by atoms with Crippen molar-refractivity contribution in [2.24, 2.45) is 0 Å². The molecule has 2 aromatic rings. The topological polar surface area (TPSA) is 57.7 Å². The Morgan fingerprint density at radius 1 is 1.21 bits per heavy atom. The van der Waals surface area contributed by atoms with Crippen LogP contribution in [-0.4, -0.2) is 43.2 Å². The van der Waals surface area contributed by atoms with Gasteiger partial charge in [-0.3, -0.25) is 4.79 Å². The van der Waals surface area contributed by atoms with Crippen LogP contribution < -0.4 is 0 Å². The van der Waals surface area contributed by atoms with Crippen molar-refractivity contribution in [3.05, 3.63) is 62.8 Å². The smallest absolute Gasteiger partial charge is 0.254 e. The van der Waals surface area contributed by atoms with Crippen LogP contribution in [-0.2, 0) is 16.6 Å². The van der Waals surface area contributed by atoms with E-state index in [9.17, 15) is 13.2 Å². The van der Waals surface area contributed by atoms with Crippen LogP contribution in [0.3, 0.4) is 0 Å². The second-order valence-corrected chi connectivity index (χ2v) is 10.5. The predicted octanol–water partition coefficient (Wildman–Crippen LogP) is 4.67. The Kier molecular flexibility index (Phi) is 6.83. The summed E-state index contributed by atoms with van der Waals surface area (Å²) in [7, 11) is -3.72. The van der Waals surface area contributed by atoms with Gasteiger partial charge in [0.05, 0.1) is 15.9 Å². The summed E-state index contributed by atoms with van der Waals surface area (Å²) < 4.78 is 27.9. The number of benzene rings is 1. The first-order valence-electron chi connectivity index (χ1n) is 8.77. The number of nitrogens with zero attached hydrogens (tertiary/aromatic N) is 2. The highest BCUT2D eigenvalue weighted by Gasteiger charge is 2.30. The van der Waals surface area contributed by atoms with E-state index in [4.69, 9.17) is 23.2 Å². The van der Waals surface area contributed by atoms with E-state index >= 15 is 0 Å². The zero-order valence-electron chi connectivity index (χ0n) is 15.1. The number of halogens is 2. The lowest BCUT2D eigenvalue weighted by Gasteiger charge is -2.22. The average Bonchev–Trinajstić information content (AvgIpc) is 3.33. The molecule has 1 aromatic heterocycles. The number of rotatable bonds is 7. The van der Waals surface area contributed by atoms with Crippen LogP contribution in [0.15, 0.2) is 47.9 Å². The van der Waals surface area contributed by atoms with Crippen molar-refractivity contribution in [2.75, 3.05) is 19.6 Å². The van der Waals surface area contributed by atoms with Gasteiger partial charge in [0.25, 0.3) is 5.91 Å². The first kappa shape index (κ1) is 21.3. The Morgan fingerprint density at radius 2 is 1.93 bits per heavy atom. The van der Waals surface area contributed by atoms with E-state index in [0.717, 1.165) is 17.7 Å². The van der Waals surface area contributed by atoms with E-state index in [1.54, 1.807) is 23.1 Å². The summed E-state index contributed by atoms with van der Waals surface area (Å²) >= 11 is 13.5. The van der Waals surface area contributed by atoms with Crippen molar-refractivity contribution in [3.63, 3.8) is 0 Å². The average molecular weight is 459 g/mol. The van der Waals surface area contributed by atoms with Gasteiger partial charge in [0.15, 0.2) is 0 Å². The fourth-order valence-corrected chi connectivity index (χ4v) is 6.20. The maximum Gasteiger partial charge on any atom is 0.254 e. The molecule has 1 aliphatic heterocycles. The van der Waals surface area contributed by atoms with E-state index in [2.05, 4.69) is 6.58 Å². The Morgan fingerprint density at radius 3 is 2.54 bits per heavy atom. The van der Waals surface area contributed by atoms with Gasteiger partial charge in [-0.15, -0.1) is 17.9 Å². The normalized spacial score (nSPS) is 14.9. The fraction of sp³-hybridized carbons (Fsp3) is 0.316. The molecule has 0 atom stereocenters. The van der Waals surface area contributed by atoms with E-state index in [1.165, 1.54) is 27.8 Å². The van der Waals surface area contributed by atoms with E-state index < -0.39 is 10.0 Å². The summed E-state index contributed by atoms with van der Waals surface area (Å²) in [6.07, 6.45) is 3.28. The molecule has 5 nitrogen and oxygen atoms in total. The molecule has 0 saturated carbocycles. The van der Waals surface area contributed by atoms with Gasteiger partial charge in [-0.1, -0.05) is 29.3 Å². The maximum absolute atomic E-state index is 13.1. The molecular weight excluding hydrogens is 439 g/mol. The highest BCUT2D eigenvalue weighted by Crippen LogP contribution is 2.29. The number of carbonyl (C=O) groups is 1. The summed E-state index contributed by atoms with van der Waals surface area (Å²) in [5, 5.41) is 0.115. The Bertz CT molecular complexity index is 983. The first-order valence-corrected chi connectivity index (χ1v) is 11.8. The number of sulfonamides is 1. The largest absolute Gasteiger partial charge is 0.330 e. The molecule has 3 rings (SSSR count). The van der Waals surface area contributed by atoms with Gasteiger partial charge >= 0.3 is 0 Å². The Hall–Kier alpha value is -1.38. The van der Waals surface area contributed by atoms with Crippen molar-refractivity contribution in [1.82, 2.24) is 9.21 Å². The molecule has 28 heavy (non-hydrogen) atoms. The summed E-state index contributed by atoms with van der Waals surface area (Å²) in [5.74, 6) is -0.293. The summed E-state index contributed by atoms with van der Waals surface area (Å²) in [6, 6.07) is 8.02. The van der Waals surface area contributed by atoms with E-state index in [1.807, 2.05) is 6.07 Å². The number of amides is 1. The highest BCUT2D eigenvalue weighted by molar-refractivity contribution is 7.89. The molecule has 1 aliphatic rings. The lowest BCUT2D eigenvalue weighted by atomic mass is 10.2. The molecule has 0 radical (unpaired) electrons. The van der Waals surface area contributed by atoms with Crippen LogP contribution in [0.1, 0.15) is 28.1 Å². The third-order valence-corrected chi connectivity index (χ3v) is 8.07. The monoisotopic (exact) mass is 458 g/mol. The lowest BCUT2D eigenvalue weighted by molar-refractivity contribution is 0.0764. The van der Waals surface area contributed by atoms with Gasteiger partial charge in [-0.2, -0.15) is 4.31 Å². The highest BCUT2D eigenvalue weighted by atomic mass is 35.5. The Balaban J connectivity index is 1.90. The van der Waals surface area contributed by atoms with E-state index in [-0.39, 0.29) is 21.4 Å².